The van der Waals surface area contributed by atoms with Gasteiger partial charge in [-0.1, -0.05) is 29.8 Å². The van der Waals surface area contributed by atoms with Gasteiger partial charge < -0.3 is 4.74 Å². The molecule has 0 saturated heterocycles. The molecule has 1 rings (SSSR count). The molecular weight excluding hydrogens is 348 g/mol. The summed E-state index contributed by atoms with van der Waals surface area (Å²) in [7, 11) is 0. The standard InChI is InChI=1S/C16H21BrN2O3/c1-5-22-16(21)14(10(2)3)11(4)18-19-15(20)12-6-8-13(17)9-7-12/h6-10,14H,5H2,1-4H3,(H,19,20)/t14-/m0/s1. The average molecular weight is 369 g/mol. The summed E-state index contributed by atoms with van der Waals surface area (Å²) in [4.78, 5) is 24.0. The summed E-state index contributed by atoms with van der Waals surface area (Å²) in [6.45, 7) is 7.62. The Hall–Kier alpha value is -1.69. The van der Waals surface area contributed by atoms with Crippen molar-refractivity contribution in [3.63, 3.8) is 0 Å². The minimum absolute atomic E-state index is 0.0346. The summed E-state index contributed by atoms with van der Waals surface area (Å²) in [6, 6.07) is 6.94. The van der Waals surface area contributed by atoms with Crippen LogP contribution in [0.5, 0.6) is 0 Å². The van der Waals surface area contributed by atoms with Gasteiger partial charge >= 0.3 is 5.97 Å². The lowest BCUT2D eigenvalue weighted by Gasteiger charge is -2.18. The summed E-state index contributed by atoms with van der Waals surface area (Å²) >= 11 is 3.31. The highest BCUT2D eigenvalue weighted by Crippen LogP contribution is 2.15. The predicted molar refractivity (Wildman–Crippen MR) is 89.7 cm³/mol. The van der Waals surface area contributed by atoms with Crippen molar-refractivity contribution < 1.29 is 14.3 Å². The predicted octanol–water partition coefficient (Wildman–Crippen LogP) is 3.39. The number of rotatable bonds is 6. The number of amides is 1. The molecule has 0 unspecified atom stereocenters. The van der Waals surface area contributed by atoms with Crippen LogP contribution in [0, 0.1) is 11.8 Å². The summed E-state index contributed by atoms with van der Waals surface area (Å²) in [5.74, 6) is -1.08. The van der Waals surface area contributed by atoms with Gasteiger partial charge in [-0.2, -0.15) is 5.10 Å². The van der Waals surface area contributed by atoms with E-state index in [2.05, 4.69) is 26.5 Å². The van der Waals surface area contributed by atoms with Crippen molar-refractivity contribution in [1.29, 1.82) is 0 Å². The quantitative estimate of drug-likeness (QED) is 0.475. The molecule has 0 bridgehead atoms. The molecule has 22 heavy (non-hydrogen) atoms. The van der Waals surface area contributed by atoms with Gasteiger partial charge in [-0.25, -0.2) is 5.43 Å². The second-order valence-electron chi connectivity index (χ2n) is 5.17. The van der Waals surface area contributed by atoms with E-state index in [4.69, 9.17) is 4.74 Å². The first-order valence-corrected chi connectivity index (χ1v) is 7.92. The third-order valence-corrected chi connectivity index (χ3v) is 3.63. The molecule has 1 aromatic rings. The zero-order valence-corrected chi connectivity index (χ0v) is 14.8. The SMILES string of the molecule is CCOC(=O)[C@H](C(C)=NNC(=O)c1ccc(Br)cc1)C(C)C. The van der Waals surface area contributed by atoms with Crippen LogP contribution in [0.2, 0.25) is 0 Å². The number of carbonyl (C=O) groups is 2. The fourth-order valence-corrected chi connectivity index (χ4v) is 2.30. The van der Waals surface area contributed by atoms with E-state index in [1.807, 2.05) is 13.8 Å². The fraction of sp³-hybridized carbons (Fsp3) is 0.438. The number of esters is 1. The van der Waals surface area contributed by atoms with Crippen molar-refractivity contribution in [2.45, 2.75) is 27.7 Å². The van der Waals surface area contributed by atoms with Crippen LogP contribution in [-0.2, 0) is 9.53 Å². The first kappa shape index (κ1) is 18.4. The van der Waals surface area contributed by atoms with Crippen molar-refractivity contribution in [3.8, 4) is 0 Å². The number of ether oxygens (including phenoxy) is 1. The van der Waals surface area contributed by atoms with Crippen LogP contribution >= 0.6 is 15.9 Å². The Morgan fingerprint density at radius 2 is 1.86 bits per heavy atom. The molecule has 0 aliphatic carbocycles. The van der Waals surface area contributed by atoms with Crippen LogP contribution < -0.4 is 5.43 Å². The van der Waals surface area contributed by atoms with Crippen LogP contribution in [0.15, 0.2) is 33.8 Å². The molecule has 0 fully saturated rings. The van der Waals surface area contributed by atoms with Crippen molar-refractivity contribution in [2.24, 2.45) is 16.9 Å². The van der Waals surface area contributed by atoms with E-state index in [9.17, 15) is 9.59 Å². The topological polar surface area (TPSA) is 67.8 Å². The van der Waals surface area contributed by atoms with Gasteiger partial charge in [-0.05, 0) is 44.0 Å². The van der Waals surface area contributed by atoms with E-state index < -0.39 is 5.92 Å². The van der Waals surface area contributed by atoms with Crippen molar-refractivity contribution in [1.82, 2.24) is 5.43 Å². The molecule has 5 nitrogen and oxygen atoms in total. The summed E-state index contributed by atoms with van der Waals surface area (Å²) < 4.78 is 5.95. The third-order valence-electron chi connectivity index (χ3n) is 3.10. The Bertz CT molecular complexity index is 553. The van der Waals surface area contributed by atoms with Crippen LogP contribution in [0.25, 0.3) is 0 Å². The second-order valence-corrected chi connectivity index (χ2v) is 6.09. The van der Waals surface area contributed by atoms with Crippen LogP contribution in [-0.4, -0.2) is 24.2 Å². The Kier molecular flexibility index (Phi) is 7.24. The van der Waals surface area contributed by atoms with E-state index in [0.29, 0.717) is 17.9 Å². The lowest BCUT2D eigenvalue weighted by molar-refractivity contribution is -0.146. The molecule has 0 radical (unpaired) electrons. The lowest BCUT2D eigenvalue weighted by atomic mass is 9.92. The molecule has 0 aromatic heterocycles. The number of carbonyl (C=O) groups excluding carboxylic acids is 2. The fourth-order valence-electron chi connectivity index (χ4n) is 2.03. The molecule has 6 heteroatoms. The molecule has 0 spiro atoms. The summed E-state index contributed by atoms with van der Waals surface area (Å²) in [5, 5.41) is 4.05. The number of benzene rings is 1. The van der Waals surface area contributed by atoms with Crippen molar-refractivity contribution in [2.75, 3.05) is 6.61 Å². The van der Waals surface area contributed by atoms with E-state index in [-0.39, 0.29) is 17.8 Å². The third kappa shape index (κ3) is 5.26. The second kappa shape index (κ2) is 8.68. The number of halogens is 1. The Balaban J connectivity index is 2.79. The van der Waals surface area contributed by atoms with Gasteiger partial charge in [0.15, 0.2) is 0 Å². The molecule has 1 atom stereocenters. The van der Waals surface area contributed by atoms with Gasteiger partial charge in [-0.15, -0.1) is 0 Å². The number of hydrogen-bond donors (Lipinski definition) is 1. The van der Waals surface area contributed by atoms with Gasteiger partial charge in [-0.3, -0.25) is 9.59 Å². The molecule has 120 valence electrons. The zero-order valence-electron chi connectivity index (χ0n) is 13.2. The van der Waals surface area contributed by atoms with Gasteiger partial charge in [0.2, 0.25) is 0 Å². The maximum Gasteiger partial charge on any atom is 0.314 e. The van der Waals surface area contributed by atoms with E-state index >= 15 is 0 Å². The minimum Gasteiger partial charge on any atom is -0.465 e. The molecule has 1 aromatic carbocycles. The van der Waals surface area contributed by atoms with E-state index in [1.54, 1.807) is 38.1 Å². The molecule has 0 aliphatic rings. The molecule has 1 N–H and O–H groups in total. The number of hydrazone groups is 1. The Morgan fingerprint density at radius 1 is 1.27 bits per heavy atom. The van der Waals surface area contributed by atoms with E-state index in [1.165, 1.54) is 0 Å². The zero-order chi connectivity index (χ0) is 16.7. The van der Waals surface area contributed by atoms with Gasteiger partial charge in [0, 0.05) is 15.7 Å². The number of nitrogens with zero attached hydrogens (tertiary/aromatic N) is 1. The smallest absolute Gasteiger partial charge is 0.314 e. The highest BCUT2D eigenvalue weighted by Gasteiger charge is 2.26. The minimum atomic E-state index is -0.467. The normalized spacial score (nSPS) is 12.9. The molecule has 0 aliphatic heterocycles. The largest absolute Gasteiger partial charge is 0.465 e. The van der Waals surface area contributed by atoms with E-state index in [0.717, 1.165) is 4.47 Å². The highest BCUT2D eigenvalue weighted by molar-refractivity contribution is 9.10. The van der Waals surface area contributed by atoms with Crippen LogP contribution in [0.3, 0.4) is 0 Å². The summed E-state index contributed by atoms with van der Waals surface area (Å²) in [5.41, 5.74) is 3.50. The molecule has 0 saturated carbocycles. The Morgan fingerprint density at radius 3 is 2.36 bits per heavy atom. The van der Waals surface area contributed by atoms with Gasteiger partial charge in [0.05, 0.1) is 12.5 Å². The van der Waals surface area contributed by atoms with Crippen molar-refractivity contribution >= 4 is 33.5 Å². The van der Waals surface area contributed by atoms with Crippen LogP contribution in [0.4, 0.5) is 0 Å². The molecular formula is C16H21BrN2O3. The number of nitrogens with one attached hydrogen (secondary N) is 1. The molecule has 1 amide bonds. The van der Waals surface area contributed by atoms with Gasteiger partial charge in [0.1, 0.15) is 0 Å². The monoisotopic (exact) mass is 368 g/mol. The maximum atomic E-state index is 12.0. The number of hydrogen-bond acceptors (Lipinski definition) is 4. The Labute approximate surface area is 139 Å². The van der Waals surface area contributed by atoms with Crippen molar-refractivity contribution in [3.05, 3.63) is 34.3 Å². The summed E-state index contributed by atoms with van der Waals surface area (Å²) in [6.07, 6.45) is 0. The molecule has 0 heterocycles. The highest BCUT2D eigenvalue weighted by atomic mass is 79.9. The van der Waals surface area contributed by atoms with Gasteiger partial charge in [0.25, 0.3) is 5.91 Å². The lowest BCUT2D eigenvalue weighted by Crippen LogP contribution is -2.31. The first-order chi connectivity index (χ1) is 10.4. The first-order valence-electron chi connectivity index (χ1n) is 7.13. The average Bonchev–Trinajstić information content (AvgIpc) is 2.45. The maximum absolute atomic E-state index is 12.0. The van der Waals surface area contributed by atoms with Crippen LogP contribution in [0.1, 0.15) is 38.1 Å².